The van der Waals surface area contributed by atoms with Gasteiger partial charge < -0.3 is 14.7 Å². The first-order valence-electron chi connectivity index (χ1n) is 7.70. The van der Waals surface area contributed by atoms with Gasteiger partial charge in [-0.15, -0.1) is 0 Å². The summed E-state index contributed by atoms with van der Waals surface area (Å²) < 4.78 is 32.4. The van der Waals surface area contributed by atoms with Crippen LogP contribution in [0, 0.1) is 5.92 Å². The highest BCUT2D eigenvalue weighted by Gasteiger charge is 2.30. The lowest BCUT2D eigenvalue weighted by Gasteiger charge is -2.20. The summed E-state index contributed by atoms with van der Waals surface area (Å²) in [4.78, 5) is 24.7. The lowest BCUT2D eigenvalue weighted by molar-refractivity contribution is -0.140. The molecule has 8 nitrogen and oxygen atoms in total. The van der Waals surface area contributed by atoms with Gasteiger partial charge in [0.05, 0.1) is 17.6 Å². The van der Waals surface area contributed by atoms with Crippen molar-refractivity contribution in [3.8, 4) is 5.75 Å². The van der Waals surface area contributed by atoms with E-state index < -0.39 is 33.9 Å². The number of carboxylic acid groups (broad SMARTS) is 1. The third-order valence-corrected chi connectivity index (χ3v) is 5.32. The number of rotatable bonds is 8. The van der Waals surface area contributed by atoms with Gasteiger partial charge in [0.25, 0.3) is 5.91 Å². The first-order valence-corrected chi connectivity index (χ1v) is 9.18. The average molecular weight is 372 g/mol. The number of nitrogens with one attached hydrogen (secondary N) is 1. The van der Waals surface area contributed by atoms with Gasteiger partial charge in [-0.05, 0) is 24.1 Å². The smallest absolute Gasteiger partial charge is 0.322 e. The van der Waals surface area contributed by atoms with Crippen LogP contribution in [0.1, 0.15) is 30.6 Å². The molecular weight excluding hydrogens is 348 g/mol. The van der Waals surface area contributed by atoms with E-state index in [1.54, 1.807) is 13.8 Å². The molecule has 0 radical (unpaired) electrons. The summed E-state index contributed by atoms with van der Waals surface area (Å²) in [6.07, 6.45) is 0.493. The van der Waals surface area contributed by atoms with Crippen LogP contribution in [0.4, 0.5) is 0 Å². The van der Waals surface area contributed by atoms with E-state index >= 15 is 0 Å². The Morgan fingerprint density at radius 1 is 1.32 bits per heavy atom. The van der Waals surface area contributed by atoms with Crippen molar-refractivity contribution >= 4 is 21.9 Å². The van der Waals surface area contributed by atoms with Crippen LogP contribution in [0.3, 0.4) is 0 Å². The minimum absolute atomic E-state index is 0.0748. The number of nitrogens with zero attached hydrogens (tertiary/aromatic N) is 1. The number of carbonyl (C=O) groups excluding carboxylic acids is 1. The molecule has 1 aromatic carbocycles. The molecule has 2 N–H and O–H groups in total. The van der Waals surface area contributed by atoms with Crippen LogP contribution in [0.25, 0.3) is 0 Å². The quantitative estimate of drug-likeness (QED) is 0.708. The van der Waals surface area contributed by atoms with Gasteiger partial charge in [0, 0.05) is 14.1 Å². The van der Waals surface area contributed by atoms with E-state index in [4.69, 9.17) is 4.74 Å². The summed E-state index contributed by atoms with van der Waals surface area (Å²) in [5, 5.41) is 9.28. The molecule has 1 aromatic rings. The Kier molecular flexibility index (Phi) is 6.95. The van der Waals surface area contributed by atoms with Crippen molar-refractivity contribution < 1.29 is 27.9 Å². The summed E-state index contributed by atoms with van der Waals surface area (Å²) in [5.74, 6) is -1.84. The van der Waals surface area contributed by atoms with Gasteiger partial charge in [-0.25, -0.2) is 8.42 Å². The van der Waals surface area contributed by atoms with Crippen LogP contribution in [0.5, 0.6) is 5.75 Å². The third kappa shape index (κ3) is 4.93. The van der Waals surface area contributed by atoms with Crippen molar-refractivity contribution in [2.75, 3.05) is 21.2 Å². The standard InChI is InChI=1S/C16H24N2O6S/c1-6-10(2)14(16(20)21)17-25(22,23)11-7-8-13(24-5)12(9-11)15(19)18(3)4/h7-10,14,17H,6H2,1-5H3,(H,20,21)/t10-,14-/m0/s1. The predicted molar refractivity (Wildman–Crippen MR) is 92.2 cm³/mol. The van der Waals surface area contributed by atoms with Crippen LogP contribution < -0.4 is 9.46 Å². The van der Waals surface area contributed by atoms with Crippen molar-refractivity contribution in [1.82, 2.24) is 9.62 Å². The topological polar surface area (TPSA) is 113 Å². The number of methoxy groups -OCH3 is 1. The minimum atomic E-state index is -4.12. The third-order valence-electron chi connectivity index (χ3n) is 3.88. The summed E-state index contributed by atoms with van der Waals surface area (Å²) in [7, 11) is 0.314. The second kappa shape index (κ2) is 8.30. The molecule has 0 fully saturated rings. The van der Waals surface area contributed by atoms with Crippen LogP contribution in [-0.4, -0.2) is 57.5 Å². The van der Waals surface area contributed by atoms with Gasteiger partial charge in [0.1, 0.15) is 11.8 Å². The molecule has 0 spiro atoms. The number of benzene rings is 1. The SMILES string of the molecule is CC[C@H](C)[C@H](NS(=O)(=O)c1ccc(OC)c(C(=O)N(C)C)c1)C(=O)O. The molecule has 2 atom stereocenters. The molecule has 0 unspecified atom stereocenters. The Morgan fingerprint density at radius 3 is 2.36 bits per heavy atom. The highest BCUT2D eigenvalue weighted by molar-refractivity contribution is 7.89. The molecule has 1 rings (SSSR count). The number of hydrogen-bond acceptors (Lipinski definition) is 5. The van der Waals surface area contributed by atoms with Crippen molar-refractivity contribution in [2.45, 2.75) is 31.2 Å². The maximum Gasteiger partial charge on any atom is 0.322 e. The normalized spacial score (nSPS) is 13.8. The van der Waals surface area contributed by atoms with Gasteiger partial charge in [-0.2, -0.15) is 4.72 Å². The molecule has 0 aliphatic carbocycles. The van der Waals surface area contributed by atoms with E-state index in [-0.39, 0.29) is 16.2 Å². The molecule has 9 heteroatoms. The molecule has 140 valence electrons. The number of aliphatic carboxylic acids is 1. The number of amides is 1. The Bertz CT molecular complexity index is 745. The van der Waals surface area contributed by atoms with E-state index in [1.807, 2.05) is 0 Å². The first kappa shape index (κ1) is 20.9. The van der Waals surface area contributed by atoms with E-state index in [1.165, 1.54) is 44.3 Å². The Labute approximate surface area is 147 Å². The summed E-state index contributed by atoms with van der Waals surface area (Å²) in [6, 6.07) is 2.55. The predicted octanol–water partition coefficient (Wildman–Crippen LogP) is 1.17. The van der Waals surface area contributed by atoms with E-state index in [9.17, 15) is 23.1 Å². The van der Waals surface area contributed by atoms with Crippen LogP contribution in [0.2, 0.25) is 0 Å². The van der Waals surface area contributed by atoms with Gasteiger partial charge >= 0.3 is 5.97 Å². The molecule has 1 amide bonds. The van der Waals surface area contributed by atoms with Crippen molar-refractivity contribution in [1.29, 1.82) is 0 Å². The monoisotopic (exact) mass is 372 g/mol. The van der Waals surface area contributed by atoms with Gasteiger partial charge in [-0.3, -0.25) is 9.59 Å². The molecule has 25 heavy (non-hydrogen) atoms. The van der Waals surface area contributed by atoms with E-state index in [0.717, 1.165) is 0 Å². The number of sulfonamides is 1. The second-order valence-electron chi connectivity index (χ2n) is 5.88. The van der Waals surface area contributed by atoms with Crippen molar-refractivity contribution in [3.63, 3.8) is 0 Å². The van der Waals surface area contributed by atoms with Gasteiger partial charge in [0.15, 0.2) is 0 Å². The van der Waals surface area contributed by atoms with E-state index in [0.29, 0.717) is 6.42 Å². The maximum atomic E-state index is 12.6. The van der Waals surface area contributed by atoms with Crippen LogP contribution in [0.15, 0.2) is 23.1 Å². The Balaban J connectivity index is 3.32. The summed E-state index contributed by atoms with van der Waals surface area (Å²) in [5.41, 5.74) is 0.0748. The summed E-state index contributed by atoms with van der Waals surface area (Å²) in [6.45, 7) is 3.42. The number of carboxylic acids is 1. The molecule has 0 aliphatic heterocycles. The zero-order valence-electron chi connectivity index (χ0n) is 14.9. The first-order chi connectivity index (χ1) is 11.5. The molecule has 0 aliphatic rings. The molecule has 0 aromatic heterocycles. The molecule has 0 saturated carbocycles. The largest absolute Gasteiger partial charge is 0.496 e. The maximum absolute atomic E-state index is 12.6. The van der Waals surface area contributed by atoms with Gasteiger partial charge in [-0.1, -0.05) is 20.3 Å². The highest BCUT2D eigenvalue weighted by Crippen LogP contribution is 2.24. The zero-order valence-corrected chi connectivity index (χ0v) is 15.8. The van der Waals surface area contributed by atoms with Crippen molar-refractivity contribution in [3.05, 3.63) is 23.8 Å². The van der Waals surface area contributed by atoms with Crippen LogP contribution >= 0.6 is 0 Å². The minimum Gasteiger partial charge on any atom is -0.496 e. The lowest BCUT2D eigenvalue weighted by Crippen LogP contribution is -2.44. The zero-order chi connectivity index (χ0) is 19.4. The number of carbonyl (C=O) groups is 2. The highest BCUT2D eigenvalue weighted by atomic mass is 32.2. The summed E-state index contributed by atoms with van der Waals surface area (Å²) >= 11 is 0. The van der Waals surface area contributed by atoms with E-state index in [2.05, 4.69) is 4.72 Å². The molecule has 0 saturated heterocycles. The Hall–Kier alpha value is -2.13. The fraction of sp³-hybridized carbons (Fsp3) is 0.500. The van der Waals surface area contributed by atoms with Crippen molar-refractivity contribution in [2.24, 2.45) is 5.92 Å². The average Bonchev–Trinajstić information content (AvgIpc) is 2.57. The Morgan fingerprint density at radius 2 is 1.92 bits per heavy atom. The number of hydrogen-bond donors (Lipinski definition) is 2. The molecule has 0 heterocycles. The van der Waals surface area contributed by atoms with Crippen LogP contribution in [-0.2, 0) is 14.8 Å². The number of ether oxygens (including phenoxy) is 1. The molecule has 0 bridgehead atoms. The second-order valence-corrected chi connectivity index (χ2v) is 7.60. The van der Waals surface area contributed by atoms with Gasteiger partial charge in [0.2, 0.25) is 10.0 Å². The fourth-order valence-electron chi connectivity index (χ4n) is 2.14. The fourth-order valence-corrected chi connectivity index (χ4v) is 3.47. The molecular formula is C16H24N2O6S. The lowest BCUT2D eigenvalue weighted by atomic mass is 10.0.